The number of nitrogens with one attached hydrogen (secondary N) is 1. The van der Waals surface area contributed by atoms with Crippen molar-refractivity contribution in [2.75, 3.05) is 6.54 Å². The van der Waals surface area contributed by atoms with Crippen LogP contribution in [0.5, 0.6) is 0 Å². The number of carbonyl (C=O) groups excluding carboxylic acids is 1. The van der Waals surface area contributed by atoms with Crippen LogP contribution in [0.1, 0.15) is 16.5 Å². The summed E-state index contributed by atoms with van der Waals surface area (Å²) in [5, 5.41) is 12.7. The van der Waals surface area contributed by atoms with Crippen LogP contribution >= 0.6 is 11.3 Å². The number of carboxylic acid groups (broad SMARTS) is 1. The van der Waals surface area contributed by atoms with Crippen molar-refractivity contribution < 1.29 is 14.7 Å². The largest absolute Gasteiger partial charge is 0.483 e. The van der Waals surface area contributed by atoms with Gasteiger partial charge in [-0.05, 0) is 6.92 Å². The molecule has 7 nitrogen and oxygen atoms in total. The van der Waals surface area contributed by atoms with E-state index in [1.54, 1.807) is 17.5 Å². The molecule has 0 bridgehead atoms. The summed E-state index contributed by atoms with van der Waals surface area (Å²) in [6.07, 6.45) is 4.75. The molecule has 0 aliphatic rings. The fourth-order valence-electron chi connectivity index (χ4n) is 1.67. The third kappa shape index (κ3) is 6.17. The Morgan fingerprint density at radius 2 is 2.29 bits per heavy atom. The van der Waals surface area contributed by atoms with E-state index in [1.807, 2.05) is 30.1 Å². The van der Waals surface area contributed by atoms with Crippen LogP contribution in [-0.4, -0.2) is 38.6 Å². The Hall–Kier alpha value is -2.22. The van der Waals surface area contributed by atoms with Crippen molar-refractivity contribution in [2.24, 2.45) is 7.05 Å². The topological polar surface area (TPSA) is 97.1 Å². The van der Waals surface area contributed by atoms with Gasteiger partial charge in [0.1, 0.15) is 5.82 Å². The number of hydrogen-bond acceptors (Lipinski definition) is 5. The van der Waals surface area contributed by atoms with Gasteiger partial charge in [0.05, 0.1) is 17.1 Å². The maximum absolute atomic E-state index is 11.7. The van der Waals surface area contributed by atoms with Crippen LogP contribution in [0.15, 0.2) is 17.8 Å². The van der Waals surface area contributed by atoms with Crippen LogP contribution in [0.25, 0.3) is 0 Å². The zero-order chi connectivity index (χ0) is 15.7. The quantitative estimate of drug-likeness (QED) is 0.796. The fraction of sp³-hybridized carbons (Fsp3) is 0.385. The zero-order valence-corrected chi connectivity index (χ0v) is 12.8. The second-order valence-electron chi connectivity index (χ2n) is 4.19. The number of thiazole rings is 1. The molecule has 0 atom stereocenters. The predicted molar refractivity (Wildman–Crippen MR) is 79.2 cm³/mol. The molecule has 2 N–H and O–H groups in total. The van der Waals surface area contributed by atoms with Gasteiger partial charge < -0.3 is 15.0 Å². The summed E-state index contributed by atoms with van der Waals surface area (Å²) in [7, 11) is 1.95. The first kappa shape index (κ1) is 16.8. The Morgan fingerprint density at radius 1 is 1.57 bits per heavy atom. The molecule has 8 heteroatoms. The molecule has 0 saturated heterocycles. The van der Waals surface area contributed by atoms with Crippen molar-refractivity contribution in [1.82, 2.24) is 19.9 Å². The van der Waals surface area contributed by atoms with Gasteiger partial charge in [-0.3, -0.25) is 9.59 Å². The minimum atomic E-state index is -0.250. The van der Waals surface area contributed by atoms with Gasteiger partial charge in [0.25, 0.3) is 6.47 Å². The Labute approximate surface area is 126 Å². The third-order valence-electron chi connectivity index (χ3n) is 2.60. The molecule has 0 unspecified atom stereocenters. The molecule has 0 aliphatic carbocycles. The van der Waals surface area contributed by atoms with Crippen molar-refractivity contribution in [3.05, 3.63) is 34.3 Å². The highest BCUT2D eigenvalue weighted by atomic mass is 32.1. The average molecular weight is 310 g/mol. The Morgan fingerprint density at radius 3 is 2.81 bits per heavy atom. The summed E-state index contributed by atoms with van der Waals surface area (Å²) in [6.45, 7) is 2.29. The molecule has 0 aromatic carbocycles. The molecule has 1 amide bonds. The van der Waals surface area contributed by atoms with Gasteiger partial charge in [0, 0.05) is 37.8 Å². The van der Waals surface area contributed by atoms with Crippen LogP contribution in [0, 0.1) is 6.92 Å². The summed E-state index contributed by atoms with van der Waals surface area (Å²) < 4.78 is 1.95. The number of imidazole rings is 1. The van der Waals surface area contributed by atoms with Gasteiger partial charge in [-0.1, -0.05) is 0 Å². The SMILES string of the molecule is Cc1nc(CC(=O)NCCc2nccn2C)cs1.O=CO. The zero-order valence-electron chi connectivity index (χ0n) is 11.9. The van der Waals surface area contributed by atoms with Gasteiger partial charge in [-0.15, -0.1) is 11.3 Å². The minimum Gasteiger partial charge on any atom is -0.483 e. The Bertz CT molecular complexity index is 579. The molecule has 0 saturated carbocycles. The highest BCUT2D eigenvalue weighted by Gasteiger charge is 2.06. The van der Waals surface area contributed by atoms with Gasteiger partial charge in [-0.2, -0.15) is 0 Å². The Balaban J connectivity index is 0.000000677. The van der Waals surface area contributed by atoms with Crippen molar-refractivity contribution in [3.63, 3.8) is 0 Å². The number of rotatable bonds is 5. The van der Waals surface area contributed by atoms with E-state index in [-0.39, 0.29) is 12.4 Å². The average Bonchev–Trinajstić information content (AvgIpc) is 3.00. The second kappa shape index (κ2) is 8.85. The van der Waals surface area contributed by atoms with E-state index in [0.717, 1.165) is 22.9 Å². The molecule has 0 radical (unpaired) electrons. The number of nitrogens with zero attached hydrogens (tertiary/aromatic N) is 3. The van der Waals surface area contributed by atoms with Crippen LogP contribution in [0.4, 0.5) is 0 Å². The lowest BCUT2D eigenvalue weighted by Crippen LogP contribution is -2.27. The van der Waals surface area contributed by atoms with E-state index in [0.29, 0.717) is 13.0 Å². The number of carbonyl (C=O) groups is 2. The van der Waals surface area contributed by atoms with Crippen molar-refractivity contribution in [1.29, 1.82) is 0 Å². The number of amides is 1. The monoisotopic (exact) mass is 310 g/mol. The van der Waals surface area contributed by atoms with E-state index in [4.69, 9.17) is 9.90 Å². The molecule has 21 heavy (non-hydrogen) atoms. The van der Waals surface area contributed by atoms with Crippen LogP contribution in [0.3, 0.4) is 0 Å². The van der Waals surface area contributed by atoms with E-state index >= 15 is 0 Å². The summed E-state index contributed by atoms with van der Waals surface area (Å²) >= 11 is 1.57. The molecular formula is C13H18N4O3S. The predicted octanol–water partition coefficient (Wildman–Crippen LogP) is 0.787. The number of aromatic nitrogens is 3. The standard InChI is InChI=1S/C12H16N4OS.CH2O2/c1-9-15-10(8-18-9)7-12(17)14-4-3-11-13-5-6-16(11)2;2-1-3/h5-6,8H,3-4,7H2,1-2H3,(H,14,17);1H,(H,2,3). The lowest BCUT2D eigenvalue weighted by molar-refractivity contribution is -0.123. The van der Waals surface area contributed by atoms with Gasteiger partial charge in [0.15, 0.2) is 0 Å². The van der Waals surface area contributed by atoms with Crippen LogP contribution < -0.4 is 5.32 Å². The maximum atomic E-state index is 11.7. The van der Waals surface area contributed by atoms with Crippen molar-refractivity contribution in [3.8, 4) is 0 Å². The molecule has 0 aliphatic heterocycles. The minimum absolute atomic E-state index is 0.00880. The molecule has 0 fully saturated rings. The summed E-state index contributed by atoms with van der Waals surface area (Å²) in [6, 6.07) is 0. The van der Waals surface area contributed by atoms with E-state index in [9.17, 15) is 4.79 Å². The first-order valence-electron chi connectivity index (χ1n) is 6.28. The molecule has 114 valence electrons. The third-order valence-corrected chi connectivity index (χ3v) is 3.42. The summed E-state index contributed by atoms with van der Waals surface area (Å²) in [4.78, 5) is 28.5. The van der Waals surface area contributed by atoms with E-state index in [2.05, 4.69) is 15.3 Å². The van der Waals surface area contributed by atoms with Crippen LogP contribution in [0.2, 0.25) is 0 Å². The lowest BCUT2D eigenvalue weighted by Gasteiger charge is -2.04. The smallest absolute Gasteiger partial charge is 0.290 e. The summed E-state index contributed by atoms with van der Waals surface area (Å²) in [5.41, 5.74) is 0.840. The van der Waals surface area contributed by atoms with Crippen molar-refractivity contribution >= 4 is 23.7 Å². The molecular weight excluding hydrogens is 292 g/mol. The Kier molecular flexibility index (Phi) is 7.10. The molecule has 2 aromatic heterocycles. The number of aryl methyl sites for hydroxylation is 2. The van der Waals surface area contributed by atoms with E-state index < -0.39 is 0 Å². The first-order valence-corrected chi connectivity index (χ1v) is 7.16. The fourth-order valence-corrected chi connectivity index (χ4v) is 2.28. The number of hydrogen-bond donors (Lipinski definition) is 2. The molecule has 2 rings (SSSR count). The molecule has 0 spiro atoms. The van der Waals surface area contributed by atoms with Gasteiger partial charge in [-0.25, -0.2) is 9.97 Å². The first-order chi connectivity index (χ1) is 10.1. The van der Waals surface area contributed by atoms with Gasteiger partial charge in [0.2, 0.25) is 5.91 Å². The van der Waals surface area contributed by atoms with Crippen LogP contribution in [-0.2, 0) is 29.5 Å². The highest BCUT2D eigenvalue weighted by Crippen LogP contribution is 2.08. The van der Waals surface area contributed by atoms with Gasteiger partial charge >= 0.3 is 0 Å². The maximum Gasteiger partial charge on any atom is 0.290 e. The normalized spacial score (nSPS) is 9.62. The highest BCUT2D eigenvalue weighted by molar-refractivity contribution is 7.09. The van der Waals surface area contributed by atoms with Crippen molar-refractivity contribution in [2.45, 2.75) is 19.8 Å². The second-order valence-corrected chi connectivity index (χ2v) is 5.26. The lowest BCUT2D eigenvalue weighted by atomic mass is 10.3. The van der Waals surface area contributed by atoms with E-state index in [1.165, 1.54) is 0 Å². The molecule has 2 heterocycles. The molecule has 2 aromatic rings. The summed E-state index contributed by atoms with van der Waals surface area (Å²) in [5.74, 6) is 0.981.